The fraction of sp³-hybridized carbons (Fsp3) is 0.417. The number of para-hydroxylation sites is 1. The maximum atomic E-state index is 13.5. The van der Waals surface area contributed by atoms with Crippen LogP contribution in [0.1, 0.15) is 19.3 Å². The lowest BCUT2D eigenvalue weighted by molar-refractivity contribution is 0.603. The summed E-state index contributed by atoms with van der Waals surface area (Å²) < 4.78 is 16.1. The Hall–Kier alpha value is -1.16. The molecule has 3 rings (SSSR count). The van der Waals surface area contributed by atoms with Crippen LogP contribution in [0.3, 0.4) is 0 Å². The number of nitrogens with zero attached hydrogens (tertiary/aromatic N) is 1. The predicted molar refractivity (Wildman–Crippen MR) is 64.4 cm³/mol. The minimum absolute atomic E-state index is 0.228. The number of aromatic amines is 1. The molecule has 1 aromatic heterocycles. The van der Waals surface area contributed by atoms with Crippen LogP contribution >= 0.6 is 12.2 Å². The monoisotopic (exact) mass is 236 g/mol. The quantitative estimate of drug-likeness (QED) is 0.807. The highest BCUT2D eigenvalue weighted by Gasteiger charge is 2.21. The van der Waals surface area contributed by atoms with E-state index in [2.05, 4.69) is 4.98 Å². The highest BCUT2D eigenvalue weighted by Crippen LogP contribution is 2.33. The van der Waals surface area contributed by atoms with Gasteiger partial charge in [-0.05, 0) is 36.7 Å². The summed E-state index contributed by atoms with van der Waals surface area (Å²) in [5, 5.41) is 0. The van der Waals surface area contributed by atoms with Crippen molar-refractivity contribution in [2.24, 2.45) is 5.92 Å². The van der Waals surface area contributed by atoms with E-state index in [1.165, 1.54) is 18.9 Å². The van der Waals surface area contributed by atoms with Gasteiger partial charge in [-0.2, -0.15) is 0 Å². The van der Waals surface area contributed by atoms with Gasteiger partial charge in [0.1, 0.15) is 11.3 Å². The number of hydrogen-bond acceptors (Lipinski definition) is 1. The third-order valence-corrected chi connectivity index (χ3v) is 3.54. The van der Waals surface area contributed by atoms with Crippen molar-refractivity contribution < 1.29 is 4.39 Å². The van der Waals surface area contributed by atoms with E-state index >= 15 is 0 Å². The molecule has 0 atom stereocenters. The van der Waals surface area contributed by atoms with Crippen LogP contribution in [0.15, 0.2) is 18.2 Å². The Kier molecular flexibility index (Phi) is 2.32. The molecule has 1 saturated carbocycles. The van der Waals surface area contributed by atoms with Crippen molar-refractivity contribution in [2.45, 2.75) is 25.8 Å². The van der Waals surface area contributed by atoms with Crippen molar-refractivity contribution in [3.05, 3.63) is 28.8 Å². The molecule has 16 heavy (non-hydrogen) atoms. The highest BCUT2D eigenvalue weighted by molar-refractivity contribution is 7.71. The summed E-state index contributed by atoms with van der Waals surface area (Å²) in [6, 6.07) is 5.10. The van der Waals surface area contributed by atoms with Gasteiger partial charge >= 0.3 is 0 Å². The lowest BCUT2D eigenvalue weighted by Crippen LogP contribution is -1.98. The highest BCUT2D eigenvalue weighted by atomic mass is 32.1. The van der Waals surface area contributed by atoms with Gasteiger partial charge in [0.15, 0.2) is 4.77 Å². The molecule has 1 aliphatic rings. The first kappa shape index (κ1) is 10.0. The minimum Gasteiger partial charge on any atom is -0.328 e. The van der Waals surface area contributed by atoms with Crippen molar-refractivity contribution in [1.82, 2.24) is 9.55 Å². The Morgan fingerprint density at radius 3 is 3.00 bits per heavy atom. The Labute approximate surface area is 98.1 Å². The number of benzene rings is 1. The summed E-state index contributed by atoms with van der Waals surface area (Å²) >= 11 is 5.23. The SMILES string of the molecule is Fc1cccc2c1[nH]c(=S)n2CCC1CC1. The molecular formula is C12H13FN2S. The third-order valence-electron chi connectivity index (χ3n) is 3.22. The zero-order valence-corrected chi connectivity index (χ0v) is 9.69. The second-order valence-electron chi connectivity index (χ2n) is 4.45. The first-order valence-electron chi connectivity index (χ1n) is 5.63. The average molecular weight is 236 g/mol. The standard InChI is InChI=1S/C12H13FN2S/c13-9-2-1-3-10-11(9)14-12(16)15(10)7-6-8-4-5-8/h1-3,8H,4-7H2,(H,14,16). The predicted octanol–water partition coefficient (Wildman–Crippen LogP) is 3.64. The molecular weight excluding hydrogens is 223 g/mol. The molecule has 2 nitrogen and oxygen atoms in total. The van der Waals surface area contributed by atoms with Gasteiger partial charge in [0.2, 0.25) is 0 Å². The van der Waals surface area contributed by atoms with Gasteiger partial charge in [-0.3, -0.25) is 0 Å². The number of H-pyrrole nitrogens is 1. The number of aromatic nitrogens is 2. The summed E-state index contributed by atoms with van der Waals surface area (Å²) in [7, 11) is 0. The molecule has 1 N–H and O–H groups in total. The van der Waals surface area contributed by atoms with Crippen LogP contribution in [0.2, 0.25) is 0 Å². The van der Waals surface area contributed by atoms with Crippen LogP contribution in [-0.4, -0.2) is 9.55 Å². The fourth-order valence-electron chi connectivity index (χ4n) is 2.09. The molecule has 1 heterocycles. The molecule has 1 fully saturated rings. The van der Waals surface area contributed by atoms with Gasteiger partial charge in [0, 0.05) is 6.54 Å². The molecule has 0 bridgehead atoms. The summed E-state index contributed by atoms with van der Waals surface area (Å²) in [6.07, 6.45) is 3.83. The van der Waals surface area contributed by atoms with Crippen molar-refractivity contribution >= 4 is 23.3 Å². The van der Waals surface area contributed by atoms with Gasteiger partial charge in [-0.25, -0.2) is 4.39 Å². The number of nitrogens with one attached hydrogen (secondary N) is 1. The molecule has 1 aliphatic carbocycles. The van der Waals surface area contributed by atoms with E-state index < -0.39 is 0 Å². The smallest absolute Gasteiger partial charge is 0.178 e. The van der Waals surface area contributed by atoms with E-state index in [0.717, 1.165) is 24.4 Å². The lowest BCUT2D eigenvalue weighted by Gasteiger charge is -2.03. The number of imidazole rings is 1. The maximum absolute atomic E-state index is 13.5. The summed E-state index contributed by atoms with van der Waals surface area (Å²) in [4.78, 5) is 2.94. The van der Waals surface area contributed by atoms with E-state index in [4.69, 9.17) is 12.2 Å². The molecule has 0 radical (unpaired) electrons. The Balaban J connectivity index is 2.04. The summed E-state index contributed by atoms with van der Waals surface area (Å²) in [6.45, 7) is 0.896. The first-order valence-corrected chi connectivity index (χ1v) is 6.03. The van der Waals surface area contributed by atoms with Crippen molar-refractivity contribution in [3.63, 3.8) is 0 Å². The van der Waals surface area contributed by atoms with E-state index in [9.17, 15) is 4.39 Å². The van der Waals surface area contributed by atoms with Gasteiger partial charge in [0.05, 0.1) is 5.52 Å². The van der Waals surface area contributed by atoms with Gasteiger partial charge < -0.3 is 9.55 Å². The first-order chi connectivity index (χ1) is 7.75. The number of rotatable bonds is 3. The zero-order chi connectivity index (χ0) is 11.1. The van der Waals surface area contributed by atoms with Crippen LogP contribution in [0, 0.1) is 16.5 Å². The van der Waals surface area contributed by atoms with Gasteiger partial charge in [-0.1, -0.05) is 18.9 Å². The van der Waals surface area contributed by atoms with Crippen LogP contribution in [0.5, 0.6) is 0 Å². The second-order valence-corrected chi connectivity index (χ2v) is 4.83. The molecule has 0 amide bonds. The third kappa shape index (κ3) is 1.67. The van der Waals surface area contributed by atoms with Gasteiger partial charge in [0.25, 0.3) is 0 Å². The van der Waals surface area contributed by atoms with E-state index in [-0.39, 0.29) is 5.82 Å². The maximum Gasteiger partial charge on any atom is 0.178 e. The molecule has 0 saturated heterocycles. The van der Waals surface area contributed by atoms with Gasteiger partial charge in [-0.15, -0.1) is 0 Å². The van der Waals surface area contributed by atoms with Crippen LogP contribution in [0.25, 0.3) is 11.0 Å². The zero-order valence-electron chi connectivity index (χ0n) is 8.87. The van der Waals surface area contributed by atoms with Crippen molar-refractivity contribution in [1.29, 1.82) is 0 Å². The molecule has 1 aromatic carbocycles. The van der Waals surface area contributed by atoms with Crippen LogP contribution in [-0.2, 0) is 6.54 Å². The summed E-state index contributed by atoms with van der Waals surface area (Å²) in [5.41, 5.74) is 1.41. The van der Waals surface area contributed by atoms with Crippen LogP contribution < -0.4 is 0 Å². The number of hydrogen-bond donors (Lipinski definition) is 1. The molecule has 0 unspecified atom stereocenters. The fourth-order valence-corrected chi connectivity index (χ4v) is 2.38. The number of aryl methyl sites for hydroxylation is 1. The molecule has 84 valence electrons. The Bertz CT molecular complexity index is 580. The van der Waals surface area contributed by atoms with E-state index in [1.807, 2.05) is 10.6 Å². The van der Waals surface area contributed by atoms with E-state index in [0.29, 0.717) is 10.3 Å². The number of fused-ring (bicyclic) bond motifs is 1. The lowest BCUT2D eigenvalue weighted by atomic mass is 10.2. The van der Waals surface area contributed by atoms with Crippen molar-refractivity contribution in [3.8, 4) is 0 Å². The molecule has 0 aliphatic heterocycles. The number of halogens is 1. The largest absolute Gasteiger partial charge is 0.328 e. The average Bonchev–Trinajstić information content (AvgIpc) is 3.02. The Morgan fingerprint density at radius 1 is 1.44 bits per heavy atom. The normalized spacial score (nSPS) is 15.8. The minimum atomic E-state index is -0.228. The molecule has 4 heteroatoms. The van der Waals surface area contributed by atoms with Crippen molar-refractivity contribution in [2.75, 3.05) is 0 Å². The molecule has 2 aromatic rings. The molecule has 0 spiro atoms. The Morgan fingerprint density at radius 2 is 2.25 bits per heavy atom. The van der Waals surface area contributed by atoms with E-state index in [1.54, 1.807) is 6.07 Å². The topological polar surface area (TPSA) is 20.7 Å². The second kappa shape index (κ2) is 3.70. The van der Waals surface area contributed by atoms with Crippen LogP contribution in [0.4, 0.5) is 4.39 Å². The summed E-state index contributed by atoms with van der Waals surface area (Å²) in [5.74, 6) is 0.634.